The van der Waals surface area contributed by atoms with Crippen molar-refractivity contribution in [3.05, 3.63) is 53.1 Å². The van der Waals surface area contributed by atoms with Crippen LogP contribution in [0.1, 0.15) is 5.56 Å². The molecular weight excluding hydrogens is 460 g/mol. The van der Waals surface area contributed by atoms with E-state index in [1.807, 2.05) is 6.07 Å². The van der Waals surface area contributed by atoms with Crippen LogP contribution < -0.4 is 14.4 Å². The van der Waals surface area contributed by atoms with Crippen LogP contribution in [-0.4, -0.2) is 56.5 Å². The molecule has 2 saturated heterocycles. The highest BCUT2D eigenvalue weighted by atomic mass is 35.5. The molecule has 0 radical (unpaired) electrons. The fraction of sp³-hybridized carbons (Fsp3) is 0.333. The van der Waals surface area contributed by atoms with E-state index in [1.165, 1.54) is 18.9 Å². The van der Waals surface area contributed by atoms with Crippen molar-refractivity contribution >= 4 is 50.0 Å². The molecule has 0 aliphatic carbocycles. The molecule has 2 fully saturated rings. The van der Waals surface area contributed by atoms with Gasteiger partial charge in [-0.15, -0.1) is 0 Å². The number of hydrogen-bond acceptors (Lipinski definition) is 6. The number of carbonyl (C=O) groups is 1. The van der Waals surface area contributed by atoms with E-state index in [4.69, 9.17) is 21.1 Å². The minimum Gasteiger partial charge on any atom is -0.497 e. The minimum absolute atomic E-state index is 0.0112. The van der Waals surface area contributed by atoms with Gasteiger partial charge in [0.15, 0.2) is 15.0 Å². The summed E-state index contributed by atoms with van der Waals surface area (Å²) in [6, 6.07) is 12.1. The van der Waals surface area contributed by atoms with E-state index in [-0.39, 0.29) is 35.1 Å². The predicted molar refractivity (Wildman–Crippen MR) is 123 cm³/mol. The van der Waals surface area contributed by atoms with E-state index in [2.05, 4.69) is 4.99 Å². The minimum atomic E-state index is -3.18. The summed E-state index contributed by atoms with van der Waals surface area (Å²) >= 11 is 7.49. The normalized spacial score (nSPS) is 23.1. The number of amides is 1. The molecule has 2 aliphatic rings. The Morgan fingerprint density at radius 3 is 2.68 bits per heavy atom. The van der Waals surface area contributed by atoms with Crippen LogP contribution in [0.25, 0.3) is 0 Å². The Morgan fingerprint density at radius 1 is 1.19 bits per heavy atom. The zero-order valence-corrected chi connectivity index (χ0v) is 19.3. The lowest BCUT2D eigenvalue weighted by Crippen LogP contribution is -2.38. The Morgan fingerprint density at radius 2 is 1.97 bits per heavy atom. The molecule has 2 heterocycles. The van der Waals surface area contributed by atoms with Crippen LogP contribution >= 0.6 is 23.4 Å². The Kier molecular flexibility index (Phi) is 6.18. The summed E-state index contributed by atoms with van der Waals surface area (Å²) in [5.41, 5.74) is 1.30. The van der Waals surface area contributed by atoms with E-state index < -0.39 is 9.84 Å². The van der Waals surface area contributed by atoms with Gasteiger partial charge in [-0.3, -0.25) is 4.79 Å². The molecule has 31 heavy (non-hydrogen) atoms. The van der Waals surface area contributed by atoms with Gasteiger partial charge in [-0.05, 0) is 23.8 Å². The predicted octanol–water partition coefficient (Wildman–Crippen LogP) is 3.20. The second-order valence-electron chi connectivity index (χ2n) is 7.26. The van der Waals surface area contributed by atoms with E-state index >= 15 is 0 Å². The Balaban J connectivity index is 1.73. The van der Waals surface area contributed by atoms with Gasteiger partial charge in [-0.25, -0.2) is 8.42 Å². The Labute approximate surface area is 190 Å². The maximum atomic E-state index is 12.8. The molecule has 1 amide bonds. The smallest absolute Gasteiger partial charge is 0.252 e. The van der Waals surface area contributed by atoms with Crippen LogP contribution in [0.4, 0.5) is 5.69 Å². The first-order valence-corrected chi connectivity index (χ1v) is 12.6. The zero-order valence-electron chi connectivity index (χ0n) is 16.9. The summed E-state index contributed by atoms with van der Waals surface area (Å²) in [6.45, 7) is 0. The van der Waals surface area contributed by atoms with Crippen LogP contribution in [0.3, 0.4) is 0 Å². The summed E-state index contributed by atoms with van der Waals surface area (Å²) in [4.78, 5) is 18.9. The number of rotatable bonds is 5. The fourth-order valence-corrected chi connectivity index (χ4v) is 7.91. The molecule has 0 unspecified atom stereocenters. The van der Waals surface area contributed by atoms with Gasteiger partial charge in [0.2, 0.25) is 0 Å². The van der Waals surface area contributed by atoms with Crippen molar-refractivity contribution in [1.82, 2.24) is 0 Å². The largest absolute Gasteiger partial charge is 0.497 e. The lowest BCUT2D eigenvalue weighted by Gasteiger charge is -2.26. The molecule has 2 aromatic carbocycles. The molecular formula is C21H21ClN2O5S2. The van der Waals surface area contributed by atoms with Crippen LogP contribution in [0.2, 0.25) is 5.02 Å². The number of thioether (sulfide) groups is 1. The number of benzene rings is 2. The quantitative estimate of drug-likeness (QED) is 0.649. The van der Waals surface area contributed by atoms with Gasteiger partial charge in [0.1, 0.15) is 11.5 Å². The molecule has 2 aliphatic heterocycles. The number of sulfone groups is 1. The lowest BCUT2D eigenvalue weighted by molar-refractivity contribution is -0.117. The highest BCUT2D eigenvalue weighted by molar-refractivity contribution is 8.16. The number of fused-ring (bicyclic) bond motifs is 1. The van der Waals surface area contributed by atoms with Crippen LogP contribution in [-0.2, 0) is 21.1 Å². The van der Waals surface area contributed by atoms with Crippen LogP contribution in [0.5, 0.6) is 11.5 Å². The van der Waals surface area contributed by atoms with E-state index in [1.54, 1.807) is 48.4 Å². The molecule has 0 N–H and O–H groups in total. The highest BCUT2D eigenvalue weighted by Gasteiger charge is 2.50. The van der Waals surface area contributed by atoms with Crippen molar-refractivity contribution in [2.24, 2.45) is 4.99 Å². The van der Waals surface area contributed by atoms with Crippen molar-refractivity contribution in [2.45, 2.75) is 17.7 Å². The van der Waals surface area contributed by atoms with Gasteiger partial charge in [-0.1, -0.05) is 41.6 Å². The molecule has 7 nitrogen and oxygen atoms in total. The summed E-state index contributed by atoms with van der Waals surface area (Å²) in [5.74, 6) is 0.806. The summed E-state index contributed by atoms with van der Waals surface area (Å²) in [7, 11) is -0.0903. The summed E-state index contributed by atoms with van der Waals surface area (Å²) in [6.07, 6.45) is 0.0560. The molecule has 2 aromatic rings. The standard InChI is InChI=1S/C21H21ClN2O5S2/c1-28-14-7-8-18(29-2)16(10-14)24-17-11-31(26,27)12-19(17)30-21(24)23-20(25)9-13-5-3-4-6-15(13)22/h3-8,10,17,19H,9,11-12H2,1-2H3/t17-,19-/m0/s1. The first-order chi connectivity index (χ1) is 14.8. The number of nitrogens with zero attached hydrogens (tertiary/aromatic N) is 2. The second-order valence-corrected chi connectivity index (χ2v) is 11.0. The number of aliphatic imine (C=N–C) groups is 1. The summed E-state index contributed by atoms with van der Waals surface area (Å²) < 4.78 is 35.4. The molecule has 0 spiro atoms. The van der Waals surface area contributed by atoms with Gasteiger partial charge in [-0.2, -0.15) is 4.99 Å². The highest BCUT2D eigenvalue weighted by Crippen LogP contribution is 2.45. The SMILES string of the molecule is COc1ccc(OC)c(N2C(=NC(=O)Cc3ccccc3Cl)S[C@H]3CS(=O)(=O)C[C@@H]32)c1. The Hall–Kier alpha value is -2.23. The van der Waals surface area contributed by atoms with Gasteiger partial charge >= 0.3 is 0 Å². The number of halogens is 1. The third-order valence-electron chi connectivity index (χ3n) is 5.23. The van der Waals surface area contributed by atoms with Crippen molar-refractivity contribution in [3.63, 3.8) is 0 Å². The topological polar surface area (TPSA) is 85.3 Å². The zero-order chi connectivity index (χ0) is 22.2. The van der Waals surface area contributed by atoms with E-state index in [9.17, 15) is 13.2 Å². The number of hydrogen-bond donors (Lipinski definition) is 0. The number of carbonyl (C=O) groups excluding carboxylic acids is 1. The van der Waals surface area contributed by atoms with Crippen LogP contribution in [0, 0.1) is 0 Å². The first kappa shape index (κ1) is 22.0. The molecule has 10 heteroatoms. The molecule has 0 bridgehead atoms. The molecule has 4 rings (SSSR count). The first-order valence-electron chi connectivity index (χ1n) is 9.54. The van der Waals surface area contributed by atoms with Crippen LogP contribution in [0.15, 0.2) is 47.5 Å². The van der Waals surface area contributed by atoms with E-state index in [0.717, 1.165) is 0 Å². The van der Waals surface area contributed by atoms with Crippen molar-refractivity contribution < 1.29 is 22.7 Å². The molecule has 2 atom stereocenters. The number of amidine groups is 1. The molecule has 0 aromatic heterocycles. The van der Waals surface area contributed by atoms with Crippen molar-refractivity contribution in [1.29, 1.82) is 0 Å². The fourth-order valence-electron chi connectivity index (χ4n) is 3.78. The maximum absolute atomic E-state index is 12.8. The van der Waals surface area contributed by atoms with Gasteiger partial charge < -0.3 is 14.4 Å². The monoisotopic (exact) mass is 480 g/mol. The average molecular weight is 481 g/mol. The van der Waals surface area contributed by atoms with Crippen molar-refractivity contribution in [3.8, 4) is 11.5 Å². The second kappa shape index (κ2) is 8.72. The van der Waals surface area contributed by atoms with Gasteiger partial charge in [0.05, 0.1) is 43.9 Å². The lowest BCUT2D eigenvalue weighted by atomic mass is 10.1. The average Bonchev–Trinajstić information content (AvgIpc) is 3.19. The number of methoxy groups -OCH3 is 2. The maximum Gasteiger partial charge on any atom is 0.252 e. The summed E-state index contributed by atoms with van der Waals surface area (Å²) in [5, 5.41) is 0.741. The van der Waals surface area contributed by atoms with Gasteiger partial charge in [0.25, 0.3) is 5.91 Å². The third kappa shape index (κ3) is 4.53. The number of ether oxygens (including phenoxy) is 2. The van der Waals surface area contributed by atoms with E-state index in [0.29, 0.717) is 32.9 Å². The molecule has 0 saturated carbocycles. The third-order valence-corrected chi connectivity index (χ3v) is 8.81. The van der Waals surface area contributed by atoms with Crippen molar-refractivity contribution in [2.75, 3.05) is 30.6 Å². The Bertz CT molecular complexity index is 1150. The number of anilines is 1. The van der Waals surface area contributed by atoms with Gasteiger partial charge in [0, 0.05) is 16.3 Å². The molecule has 164 valence electrons.